The molecular formula is C15H25N3. The quantitative estimate of drug-likeness (QED) is 0.887. The van der Waals surface area contributed by atoms with Gasteiger partial charge in [-0.05, 0) is 43.9 Å². The predicted molar refractivity (Wildman–Crippen MR) is 76.8 cm³/mol. The van der Waals surface area contributed by atoms with Gasteiger partial charge in [0.25, 0.3) is 0 Å². The maximum absolute atomic E-state index is 4.30. The number of anilines is 1. The van der Waals surface area contributed by atoms with Crippen LogP contribution in [0.1, 0.15) is 38.2 Å². The molecule has 18 heavy (non-hydrogen) atoms. The average molecular weight is 247 g/mol. The Morgan fingerprint density at radius 3 is 3.06 bits per heavy atom. The Labute approximate surface area is 111 Å². The van der Waals surface area contributed by atoms with Crippen molar-refractivity contribution in [3.8, 4) is 0 Å². The molecule has 1 aromatic heterocycles. The minimum Gasteiger partial charge on any atom is -0.370 e. The third kappa shape index (κ3) is 3.22. The molecule has 1 aliphatic heterocycles. The van der Waals surface area contributed by atoms with E-state index in [1.807, 2.05) is 19.4 Å². The monoisotopic (exact) mass is 247 g/mol. The van der Waals surface area contributed by atoms with E-state index in [2.05, 4.69) is 28.2 Å². The molecule has 1 fully saturated rings. The van der Waals surface area contributed by atoms with E-state index in [1.165, 1.54) is 50.0 Å². The maximum atomic E-state index is 4.30. The molecule has 3 heteroatoms. The van der Waals surface area contributed by atoms with Crippen molar-refractivity contribution in [2.75, 3.05) is 25.0 Å². The van der Waals surface area contributed by atoms with Crippen LogP contribution in [0.4, 0.5) is 5.69 Å². The standard InChI is InChI=1S/C15H25N3/c1-3-13-5-4-9-18(10-7-13)15-12-17-8-6-14(15)11-16-2/h6,8,12-13,16H,3-5,7,9-11H2,1-2H3. The van der Waals surface area contributed by atoms with Crippen molar-refractivity contribution in [2.24, 2.45) is 5.92 Å². The van der Waals surface area contributed by atoms with Gasteiger partial charge in [-0.2, -0.15) is 0 Å². The Morgan fingerprint density at radius 2 is 2.28 bits per heavy atom. The van der Waals surface area contributed by atoms with Crippen LogP contribution < -0.4 is 10.2 Å². The minimum atomic E-state index is 0.916. The molecule has 2 rings (SSSR count). The first kappa shape index (κ1) is 13.3. The van der Waals surface area contributed by atoms with Crippen molar-refractivity contribution in [3.63, 3.8) is 0 Å². The zero-order chi connectivity index (χ0) is 12.8. The molecule has 0 spiro atoms. The normalized spacial score (nSPS) is 20.8. The molecule has 1 N–H and O–H groups in total. The van der Waals surface area contributed by atoms with Gasteiger partial charge in [0.15, 0.2) is 0 Å². The molecule has 100 valence electrons. The van der Waals surface area contributed by atoms with E-state index in [9.17, 15) is 0 Å². The zero-order valence-corrected chi connectivity index (χ0v) is 11.7. The highest BCUT2D eigenvalue weighted by Crippen LogP contribution is 2.26. The van der Waals surface area contributed by atoms with Gasteiger partial charge in [0.05, 0.1) is 11.9 Å². The second kappa shape index (κ2) is 6.74. The first-order valence-corrected chi connectivity index (χ1v) is 7.17. The predicted octanol–water partition coefficient (Wildman–Crippen LogP) is 2.82. The highest BCUT2D eigenvalue weighted by Gasteiger charge is 2.17. The summed E-state index contributed by atoms with van der Waals surface area (Å²) < 4.78 is 0. The lowest BCUT2D eigenvalue weighted by Crippen LogP contribution is -2.26. The van der Waals surface area contributed by atoms with Crippen LogP contribution in [0, 0.1) is 5.92 Å². The molecule has 1 atom stereocenters. The van der Waals surface area contributed by atoms with Gasteiger partial charge in [-0.25, -0.2) is 0 Å². The fourth-order valence-corrected chi connectivity index (χ4v) is 2.85. The molecule has 0 radical (unpaired) electrons. The first-order chi connectivity index (χ1) is 8.85. The molecule has 0 aliphatic carbocycles. The fraction of sp³-hybridized carbons (Fsp3) is 0.667. The Balaban J connectivity index is 2.10. The molecule has 2 heterocycles. The molecule has 1 saturated heterocycles. The largest absolute Gasteiger partial charge is 0.370 e. The number of hydrogen-bond acceptors (Lipinski definition) is 3. The summed E-state index contributed by atoms with van der Waals surface area (Å²) in [6, 6.07) is 2.13. The third-order valence-electron chi connectivity index (χ3n) is 4.02. The second-order valence-corrected chi connectivity index (χ2v) is 5.23. The first-order valence-electron chi connectivity index (χ1n) is 7.17. The molecule has 3 nitrogen and oxygen atoms in total. The number of pyridine rings is 1. The van der Waals surface area contributed by atoms with Crippen LogP contribution in [0.2, 0.25) is 0 Å². The molecule has 1 aromatic rings. The van der Waals surface area contributed by atoms with Crippen LogP contribution in [-0.2, 0) is 6.54 Å². The topological polar surface area (TPSA) is 28.2 Å². The summed E-state index contributed by atoms with van der Waals surface area (Å²) in [5.74, 6) is 0.916. The van der Waals surface area contributed by atoms with E-state index in [-0.39, 0.29) is 0 Å². The van der Waals surface area contributed by atoms with Gasteiger partial charge in [-0.3, -0.25) is 4.98 Å². The van der Waals surface area contributed by atoms with E-state index < -0.39 is 0 Å². The molecule has 1 unspecified atom stereocenters. The van der Waals surface area contributed by atoms with Crippen LogP contribution in [-0.4, -0.2) is 25.1 Å². The second-order valence-electron chi connectivity index (χ2n) is 5.23. The van der Waals surface area contributed by atoms with Gasteiger partial charge in [0.2, 0.25) is 0 Å². The van der Waals surface area contributed by atoms with Crippen molar-refractivity contribution < 1.29 is 0 Å². The van der Waals surface area contributed by atoms with Gasteiger partial charge in [0.1, 0.15) is 0 Å². The Kier molecular flexibility index (Phi) is 5.00. The van der Waals surface area contributed by atoms with Crippen molar-refractivity contribution in [1.29, 1.82) is 0 Å². The van der Waals surface area contributed by atoms with Crippen LogP contribution in [0.3, 0.4) is 0 Å². The number of aromatic nitrogens is 1. The lowest BCUT2D eigenvalue weighted by molar-refractivity contribution is 0.459. The van der Waals surface area contributed by atoms with Gasteiger partial charge < -0.3 is 10.2 Å². The number of nitrogens with zero attached hydrogens (tertiary/aromatic N) is 2. The van der Waals surface area contributed by atoms with E-state index >= 15 is 0 Å². The number of nitrogens with one attached hydrogen (secondary N) is 1. The third-order valence-corrected chi connectivity index (χ3v) is 4.02. The van der Waals surface area contributed by atoms with Crippen molar-refractivity contribution in [3.05, 3.63) is 24.0 Å². The highest BCUT2D eigenvalue weighted by atomic mass is 15.1. The SMILES string of the molecule is CCC1CCCN(c2cnccc2CNC)CC1. The van der Waals surface area contributed by atoms with Gasteiger partial charge in [-0.15, -0.1) is 0 Å². The zero-order valence-electron chi connectivity index (χ0n) is 11.7. The van der Waals surface area contributed by atoms with E-state index in [0.717, 1.165) is 12.5 Å². The lowest BCUT2D eigenvalue weighted by atomic mass is 9.98. The van der Waals surface area contributed by atoms with Crippen LogP contribution in [0.25, 0.3) is 0 Å². The maximum Gasteiger partial charge on any atom is 0.0598 e. The van der Waals surface area contributed by atoms with Crippen molar-refractivity contribution in [2.45, 2.75) is 39.2 Å². The molecule has 0 aromatic carbocycles. The van der Waals surface area contributed by atoms with Crippen LogP contribution >= 0.6 is 0 Å². The Bertz CT molecular complexity index is 365. The molecular weight excluding hydrogens is 222 g/mol. The summed E-state index contributed by atoms with van der Waals surface area (Å²) in [4.78, 5) is 6.83. The summed E-state index contributed by atoms with van der Waals surface area (Å²) >= 11 is 0. The molecule has 0 bridgehead atoms. The minimum absolute atomic E-state index is 0.916. The summed E-state index contributed by atoms with van der Waals surface area (Å²) in [6.07, 6.45) is 9.26. The smallest absolute Gasteiger partial charge is 0.0598 e. The summed E-state index contributed by atoms with van der Waals surface area (Å²) in [7, 11) is 2.00. The van der Waals surface area contributed by atoms with Gasteiger partial charge in [0, 0.05) is 25.8 Å². The molecule has 0 amide bonds. The van der Waals surface area contributed by atoms with E-state index in [4.69, 9.17) is 0 Å². The van der Waals surface area contributed by atoms with Crippen LogP contribution in [0.5, 0.6) is 0 Å². The fourth-order valence-electron chi connectivity index (χ4n) is 2.85. The van der Waals surface area contributed by atoms with Crippen molar-refractivity contribution >= 4 is 5.69 Å². The number of hydrogen-bond donors (Lipinski definition) is 1. The number of rotatable bonds is 4. The average Bonchev–Trinajstić information content (AvgIpc) is 2.65. The highest BCUT2D eigenvalue weighted by molar-refractivity contribution is 5.51. The summed E-state index contributed by atoms with van der Waals surface area (Å²) in [6.45, 7) is 5.60. The van der Waals surface area contributed by atoms with Crippen molar-refractivity contribution in [1.82, 2.24) is 10.3 Å². The molecule has 0 saturated carbocycles. The molecule has 1 aliphatic rings. The Hall–Kier alpha value is -1.09. The Morgan fingerprint density at radius 1 is 1.39 bits per heavy atom. The summed E-state index contributed by atoms with van der Waals surface area (Å²) in [5.41, 5.74) is 2.69. The lowest BCUT2D eigenvalue weighted by Gasteiger charge is -2.25. The van der Waals surface area contributed by atoms with Gasteiger partial charge in [-0.1, -0.05) is 13.3 Å². The van der Waals surface area contributed by atoms with Gasteiger partial charge >= 0.3 is 0 Å². The van der Waals surface area contributed by atoms with Crippen LogP contribution in [0.15, 0.2) is 18.5 Å². The van der Waals surface area contributed by atoms with E-state index in [1.54, 1.807) is 0 Å². The summed E-state index contributed by atoms with van der Waals surface area (Å²) in [5, 5.41) is 3.24. The van der Waals surface area contributed by atoms with E-state index in [0.29, 0.717) is 0 Å².